The van der Waals surface area contributed by atoms with E-state index in [1.54, 1.807) is 109 Å². The molecule has 564 valence electrons. The zero-order valence-electron chi connectivity index (χ0n) is 57.0. The number of carboxylic acid groups (broad SMARTS) is 3. The van der Waals surface area contributed by atoms with Gasteiger partial charge in [0.25, 0.3) is 0 Å². The fourth-order valence-corrected chi connectivity index (χ4v) is 12.4. The molecule has 3 fully saturated rings. The van der Waals surface area contributed by atoms with Gasteiger partial charge in [0.15, 0.2) is 0 Å². The van der Waals surface area contributed by atoms with Crippen LogP contribution >= 0.6 is 0 Å². The van der Waals surface area contributed by atoms with Crippen molar-refractivity contribution in [1.29, 1.82) is 0 Å². The summed E-state index contributed by atoms with van der Waals surface area (Å²) in [6, 6.07) is 36.0. The average molecular weight is 1460 g/mol. The number of carboxylic acids is 3. The van der Waals surface area contributed by atoms with Crippen LogP contribution in [0, 0.1) is 0 Å². The summed E-state index contributed by atoms with van der Waals surface area (Å²) in [4.78, 5) is 48.5. The van der Waals surface area contributed by atoms with E-state index in [4.69, 9.17) is 42.6 Å². The Bertz CT molecular complexity index is 3620. The number of nitrogens with zero attached hydrogens (tertiary/aromatic N) is 3. The molecule has 0 spiro atoms. The quantitative estimate of drug-likeness (QED) is 0.0251. The summed E-state index contributed by atoms with van der Waals surface area (Å²) < 4.78 is 53.7. The van der Waals surface area contributed by atoms with Crippen LogP contribution in [-0.4, -0.2) is 241 Å². The number of aryl methyl sites for hydroxylation is 3. The number of aliphatic carboxylic acids is 3. The molecule has 1 aromatic heterocycles. The molecular formula is C75H87N3O27. The first-order chi connectivity index (χ1) is 50.6. The van der Waals surface area contributed by atoms with Gasteiger partial charge in [-0.3, -0.25) is 14.4 Å². The SMILES string of the molecule is O=C(O)Cc1cccc(-c2cc(CCCCOc3nc(OCCCCc4ccc(O[C@H]5O[C@H](CO)[C@@H](O)[C@H](O)[C@@H]5O)c(-c5cccc(CC(=O)O)c5)c4)nc(OCCCCc4ccc(O[C@H]5O[C@H](CO)[C@@H](O)[C@H](O)[C@@H]5O)c(-c5cccc(CC(=O)O)c5)c4)n3)ccc2O[C@H]2O[C@H](CO)[C@@H](O)[C@H](O)[C@@H]2O)c1. The minimum absolute atomic E-state index is 0.0924. The zero-order chi connectivity index (χ0) is 74.8. The third kappa shape index (κ3) is 20.9. The van der Waals surface area contributed by atoms with Gasteiger partial charge in [0, 0.05) is 16.7 Å². The topological polar surface area (TPSA) is 476 Å². The van der Waals surface area contributed by atoms with E-state index in [0.29, 0.717) is 108 Å². The lowest BCUT2D eigenvalue weighted by Gasteiger charge is -2.39. The van der Waals surface area contributed by atoms with Crippen molar-refractivity contribution in [3.05, 3.63) is 161 Å². The van der Waals surface area contributed by atoms with Crippen LogP contribution < -0.4 is 28.4 Å². The summed E-state index contributed by atoms with van der Waals surface area (Å²) in [7, 11) is 0. The fraction of sp³-hybridized carbons (Fsp3) is 0.440. The van der Waals surface area contributed by atoms with Crippen LogP contribution in [-0.2, 0) is 67.1 Å². The molecule has 15 atom stereocenters. The van der Waals surface area contributed by atoms with Gasteiger partial charge in [0.2, 0.25) is 18.9 Å². The van der Waals surface area contributed by atoms with Crippen molar-refractivity contribution in [2.75, 3.05) is 39.6 Å². The Morgan fingerprint density at radius 2 is 0.610 bits per heavy atom. The lowest BCUT2D eigenvalue weighted by atomic mass is 9.97. The zero-order valence-corrected chi connectivity index (χ0v) is 57.0. The molecule has 15 N–H and O–H groups in total. The number of hydrogen-bond donors (Lipinski definition) is 15. The average Bonchev–Trinajstić information content (AvgIpc) is 0.801. The van der Waals surface area contributed by atoms with E-state index in [0.717, 1.165) is 16.7 Å². The molecule has 3 aliphatic rings. The normalized spacial score (nSPS) is 24.5. The summed E-state index contributed by atoms with van der Waals surface area (Å²) >= 11 is 0. The number of aliphatic hydroxyl groups excluding tert-OH is 12. The van der Waals surface area contributed by atoms with Crippen LogP contribution in [0.25, 0.3) is 33.4 Å². The highest BCUT2D eigenvalue weighted by Gasteiger charge is 2.47. The van der Waals surface area contributed by atoms with Crippen LogP contribution in [0.4, 0.5) is 0 Å². The molecule has 30 nitrogen and oxygen atoms in total. The smallest absolute Gasteiger partial charge is 0.325 e. The standard InChI is InChI=1S/C75H87N3O27/c79-37-55-61(88)64(91)67(94)70(103-55)100-52-22-19-40(31-49(52)46-16-7-13-43(28-46)34-58(82)83)10-1-4-25-97-73-76-74(98-26-5-2-11-41-20-23-53(101-71-68(95)65(92)62(89)56(38-80)104-71)50(32-41)47-17-8-14-44(29-47)35-59(84)85)78-75(77-73)99-27-6-3-12-42-21-24-54(102-72-69(96)66(93)63(90)57(39-81)105-72)51(33-42)48-18-9-15-45(30-48)36-60(86)87/h7-9,13-24,28-33,55-57,61-72,79-81,88-96H,1-6,10-12,25-27,34-39H2,(H,82,83)(H,84,85)(H,86,87)/t55-,56-,57-,61-,62-,63-,64+,65+,66+,67+,68+,69+,70+,71+,72+/m1/s1. The van der Waals surface area contributed by atoms with Crippen molar-refractivity contribution in [1.82, 2.24) is 15.0 Å². The molecule has 7 aromatic rings. The largest absolute Gasteiger partial charge is 0.481 e. The Hall–Kier alpha value is -9.06. The van der Waals surface area contributed by atoms with Gasteiger partial charge in [-0.2, -0.15) is 0 Å². The molecule has 0 saturated carbocycles. The van der Waals surface area contributed by atoms with E-state index >= 15 is 0 Å². The third-order valence-electron chi connectivity index (χ3n) is 18.0. The lowest BCUT2D eigenvalue weighted by Crippen LogP contribution is -2.60. The van der Waals surface area contributed by atoms with Crippen LogP contribution in [0.5, 0.6) is 35.3 Å². The van der Waals surface area contributed by atoms with Crippen molar-refractivity contribution in [2.24, 2.45) is 0 Å². The molecule has 0 amide bonds. The highest BCUT2D eigenvalue weighted by molar-refractivity contribution is 5.77. The molecule has 30 heteroatoms. The maximum Gasteiger partial charge on any atom is 0.325 e. The molecule has 0 radical (unpaired) electrons. The van der Waals surface area contributed by atoms with Crippen LogP contribution in [0.2, 0.25) is 0 Å². The summed E-state index contributed by atoms with van der Waals surface area (Å²) in [6.45, 7) is -1.62. The minimum Gasteiger partial charge on any atom is -0.481 e. The Labute approximate surface area is 602 Å². The molecule has 10 rings (SSSR count). The van der Waals surface area contributed by atoms with Gasteiger partial charge < -0.3 is 119 Å². The van der Waals surface area contributed by atoms with E-state index < -0.39 is 130 Å². The Balaban J connectivity index is 0.823. The maximum atomic E-state index is 11.7. The van der Waals surface area contributed by atoms with Gasteiger partial charge in [-0.25, -0.2) is 0 Å². The molecule has 0 bridgehead atoms. The first-order valence-electron chi connectivity index (χ1n) is 34.4. The Morgan fingerprint density at radius 3 is 0.867 bits per heavy atom. The van der Waals surface area contributed by atoms with Gasteiger partial charge >= 0.3 is 35.9 Å². The van der Waals surface area contributed by atoms with E-state index in [1.807, 2.05) is 18.2 Å². The number of unbranched alkanes of at least 4 members (excludes halogenated alkanes) is 3. The van der Waals surface area contributed by atoms with Crippen molar-refractivity contribution < 1.29 is 134 Å². The van der Waals surface area contributed by atoms with Crippen molar-refractivity contribution >= 4 is 17.9 Å². The second-order valence-corrected chi connectivity index (χ2v) is 25.8. The minimum atomic E-state index is -1.69. The molecule has 4 heterocycles. The molecule has 105 heavy (non-hydrogen) atoms. The van der Waals surface area contributed by atoms with Gasteiger partial charge in [0.1, 0.15) is 90.5 Å². The second kappa shape index (κ2) is 37.3. The first kappa shape index (κ1) is 78.5. The molecule has 3 aliphatic heterocycles. The number of ether oxygens (including phenoxy) is 9. The molecule has 3 saturated heterocycles. The molecule has 6 aromatic carbocycles. The predicted molar refractivity (Wildman–Crippen MR) is 368 cm³/mol. The summed E-state index contributed by atoms with van der Waals surface area (Å²) in [5.41, 5.74) is 7.28. The first-order valence-corrected chi connectivity index (χ1v) is 34.4. The fourth-order valence-electron chi connectivity index (χ4n) is 12.4. The molecule has 0 unspecified atom stereocenters. The van der Waals surface area contributed by atoms with Crippen molar-refractivity contribution in [3.8, 4) is 68.7 Å². The molecule has 0 aliphatic carbocycles. The Morgan fingerprint density at radius 1 is 0.333 bits per heavy atom. The van der Waals surface area contributed by atoms with Crippen LogP contribution in [0.15, 0.2) is 127 Å². The number of hydrogen-bond acceptors (Lipinski definition) is 27. The van der Waals surface area contributed by atoms with Gasteiger partial charge in [0.05, 0.1) is 58.9 Å². The van der Waals surface area contributed by atoms with Gasteiger partial charge in [-0.05, 0) is 144 Å². The summed E-state index contributed by atoms with van der Waals surface area (Å²) in [6.07, 6.45) is -19.3. The lowest BCUT2D eigenvalue weighted by molar-refractivity contribution is -0.277. The van der Waals surface area contributed by atoms with E-state index in [2.05, 4.69) is 15.0 Å². The predicted octanol–water partition coefficient (Wildman–Crippen LogP) is 2.50. The van der Waals surface area contributed by atoms with E-state index in [-0.39, 0.29) is 74.4 Å². The van der Waals surface area contributed by atoms with Crippen molar-refractivity contribution in [3.63, 3.8) is 0 Å². The summed E-state index contributed by atoms with van der Waals surface area (Å²) in [5.74, 6) is -2.50. The highest BCUT2D eigenvalue weighted by atomic mass is 16.7. The number of carbonyl (C=O) groups is 3. The van der Waals surface area contributed by atoms with E-state index in [9.17, 15) is 91.0 Å². The highest BCUT2D eigenvalue weighted by Crippen LogP contribution is 2.39. The monoisotopic (exact) mass is 1460 g/mol. The van der Waals surface area contributed by atoms with Gasteiger partial charge in [-0.15, -0.1) is 15.0 Å². The van der Waals surface area contributed by atoms with Gasteiger partial charge in [-0.1, -0.05) is 91.0 Å². The number of aromatic nitrogens is 3. The maximum absolute atomic E-state index is 11.7. The molecular weight excluding hydrogens is 1370 g/mol. The van der Waals surface area contributed by atoms with Crippen molar-refractivity contribution in [2.45, 2.75) is 169 Å². The third-order valence-corrected chi connectivity index (χ3v) is 18.0. The second-order valence-electron chi connectivity index (χ2n) is 25.8. The number of rotatable bonds is 36. The van der Waals surface area contributed by atoms with E-state index in [1.165, 1.54) is 0 Å². The number of benzene rings is 6. The summed E-state index contributed by atoms with van der Waals surface area (Å²) in [5, 5.41) is 153. The van der Waals surface area contributed by atoms with Crippen LogP contribution in [0.3, 0.4) is 0 Å². The Kier molecular flexibility index (Phi) is 27.9. The number of aliphatic hydroxyl groups is 12. The van der Waals surface area contributed by atoms with Crippen LogP contribution in [0.1, 0.15) is 71.9 Å².